The molecule has 2 aromatic carbocycles. The van der Waals surface area contributed by atoms with E-state index < -0.39 is 5.97 Å². The van der Waals surface area contributed by atoms with E-state index in [4.69, 9.17) is 18.3 Å². The second-order valence-corrected chi connectivity index (χ2v) is 6.20. The number of oxazole rings is 2. The molecule has 0 atom stereocenters. The molecule has 0 radical (unpaired) electrons. The molecule has 8 heteroatoms. The van der Waals surface area contributed by atoms with Crippen molar-refractivity contribution >= 4 is 17.7 Å². The van der Waals surface area contributed by atoms with Gasteiger partial charge in [0.2, 0.25) is 0 Å². The largest absolute Gasteiger partial charge is 0.496 e. The molecule has 0 aliphatic heterocycles. The number of nitrogens with zero attached hydrogens (tertiary/aromatic N) is 2. The average molecular weight is 405 g/mol. The van der Waals surface area contributed by atoms with Gasteiger partial charge in [0.15, 0.2) is 17.9 Å². The highest BCUT2D eigenvalue weighted by Crippen LogP contribution is 2.34. The van der Waals surface area contributed by atoms with Gasteiger partial charge in [-0.15, -0.1) is 0 Å². The molecule has 4 rings (SSSR count). The highest BCUT2D eigenvalue weighted by molar-refractivity contribution is 5.96. The van der Waals surface area contributed by atoms with Gasteiger partial charge < -0.3 is 23.6 Å². The fraction of sp³-hybridized carbons (Fsp3) is 0.136. The first-order valence-electron chi connectivity index (χ1n) is 9.26. The van der Waals surface area contributed by atoms with Crippen LogP contribution in [0.5, 0.6) is 5.75 Å². The van der Waals surface area contributed by atoms with E-state index in [9.17, 15) is 4.79 Å². The molecule has 0 saturated carbocycles. The molecule has 1 N–H and O–H groups in total. The van der Waals surface area contributed by atoms with Crippen LogP contribution < -0.4 is 10.1 Å². The monoisotopic (exact) mass is 405 g/mol. The van der Waals surface area contributed by atoms with Gasteiger partial charge in [-0.25, -0.2) is 14.8 Å². The second-order valence-electron chi connectivity index (χ2n) is 6.20. The Balaban J connectivity index is 1.58. The van der Waals surface area contributed by atoms with Crippen LogP contribution in [-0.2, 0) is 4.74 Å². The zero-order valence-electron chi connectivity index (χ0n) is 16.4. The third-order valence-corrected chi connectivity index (χ3v) is 4.34. The van der Waals surface area contributed by atoms with Crippen LogP contribution in [-0.4, -0.2) is 29.7 Å². The van der Waals surface area contributed by atoms with Gasteiger partial charge in [-0.3, -0.25) is 0 Å². The summed E-state index contributed by atoms with van der Waals surface area (Å²) in [5.74, 6) is 1.25. The van der Waals surface area contributed by atoms with Crippen molar-refractivity contribution in [2.75, 3.05) is 19.0 Å². The van der Waals surface area contributed by atoms with Gasteiger partial charge in [-0.05, 0) is 25.1 Å². The minimum absolute atomic E-state index is 0.276. The lowest BCUT2D eigenvalue weighted by atomic mass is 10.1. The van der Waals surface area contributed by atoms with Gasteiger partial charge in [0.1, 0.15) is 5.75 Å². The van der Waals surface area contributed by atoms with E-state index in [0.717, 1.165) is 5.56 Å². The van der Waals surface area contributed by atoms with Crippen LogP contribution >= 0.6 is 0 Å². The highest BCUT2D eigenvalue weighted by Gasteiger charge is 2.17. The zero-order valence-corrected chi connectivity index (χ0v) is 16.4. The summed E-state index contributed by atoms with van der Waals surface area (Å²) < 4.78 is 21.7. The maximum atomic E-state index is 12.2. The molecular formula is C22H19N3O5. The summed E-state index contributed by atoms with van der Waals surface area (Å²) in [6, 6.07) is 12.8. The third kappa shape index (κ3) is 3.88. The molecule has 0 saturated heterocycles. The quantitative estimate of drug-likeness (QED) is 0.432. The number of anilines is 2. The van der Waals surface area contributed by atoms with E-state index in [1.54, 1.807) is 50.7 Å². The molecule has 2 aromatic heterocycles. The zero-order chi connectivity index (χ0) is 20.9. The van der Waals surface area contributed by atoms with Crippen LogP contribution in [0.4, 0.5) is 11.7 Å². The molecule has 2 heterocycles. The molecule has 30 heavy (non-hydrogen) atoms. The molecule has 4 aromatic rings. The second kappa shape index (κ2) is 8.52. The first kappa shape index (κ1) is 19.3. The summed E-state index contributed by atoms with van der Waals surface area (Å²) in [7, 11) is 1.58. The van der Waals surface area contributed by atoms with Gasteiger partial charge in [-0.1, -0.05) is 18.2 Å². The van der Waals surface area contributed by atoms with Crippen molar-refractivity contribution in [1.29, 1.82) is 0 Å². The third-order valence-electron chi connectivity index (χ3n) is 4.34. The molecule has 0 unspecified atom stereocenters. The molecular weight excluding hydrogens is 386 g/mol. The van der Waals surface area contributed by atoms with Crippen molar-refractivity contribution < 1.29 is 23.1 Å². The SMILES string of the molecule is CCOC(=O)c1ccccc1-c1cnc(Nc2ccc(-c3cnco3)c(OC)c2)o1. The summed E-state index contributed by atoms with van der Waals surface area (Å²) in [6.07, 6.45) is 4.54. The van der Waals surface area contributed by atoms with E-state index in [2.05, 4.69) is 15.3 Å². The van der Waals surface area contributed by atoms with Crippen molar-refractivity contribution in [1.82, 2.24) is 9.97 Å². The minimum atomic E-state index is -0.410. The lowest BCUT2D eigenvalue weighted by molar-refractivity contribution is 0.0527. The number of hydrogen-bond donors (Lipinski definition) is 1. The maximum absolute atomic E-state index is 12.2. The highest BCUT2D eigenvalue weighted by atomic mass is 16.5. The standard InChI is InChI=1S/C22H19N3O5/c1-3-28-21(26)16-7-5-4-6-15(16)20-12-24-22(30-20)25-14-8-9-17(18(10-14)27-2)19-11-23-13-29-19/h4-13H,3H2,1-2H3,(H,24,25). The first-order chi connectivity index (χ1) is 14.7. The Labute approximate surface area is 172 Å². The fourth-order valence-electron chi connectivity index (χ4n) is 2.99. The van der Waals surface area contributed by atoms with Crippen molar-refractivity contribution in [2.45, 2.75) is 6.92 Å². The normalized spacial score (nSPS) is 10.6. The Hall–Kier alpha value is -4.07. The van der Waals surface area contributed by atoms with E-state index in [1.165, 1.54) is 6.39 Å². The molecule has 8 nitrogen and oxygen atoms in total. The topological polar surface area (TPSA) is 99.6 Å². The molecule has 0 amide bonds. The van der Waals surface area contributed by atoms with E-state index >= 15 is 0 Å². The predicted molar refractivity (Wildman–Crippen MR) is 110 cm³/mol. The number of benzene rings is 2. The number of methoxy groups -OCH3 is 1. The Morgan fingerprint density at radius 2 is 1.97 bits per heavy atom. The number of nitrogens with one attached hydrogen (secondary N) is 1. The van der Waals surface area contributed by atoms with Crippen LogP contribution in [0, 0.1) is 0 Å². The van der Waals surface area contributed by atoms with E-state index in [-0.39, 0.29) is 6.01 Å². The lowest BCUT2D eigenvalue weighted by Crippen LogP contribution is -2.06. The smallest absolute Gasteiger partial charge is 0.338 e. The minimum Gasteiger partial charge on any atom is -0.496 e. The molecule has 0 aliphatic carbocycles. The number of hydrogen-bond acceptors (Lipinski definition) is 8. The van der Waals surface area contributed by atoms with Gasteiger partial charge in [0, 0.05) is 17.3 Å². The van der Waals surface area contributed by atoms with Gasteiger partial charge in [-0.2, -0.15) is 0 Å². The number of aromatic nitrogens is 2. The van der Waals surface area contributed by atoms with Gasteiger partial charge >= 0.3 is 5.97 Å². The molecule has 0 spiro atoms. The summed E-state index contributed by atoms with van der Waals surface area (Å²) in [4.78, 5) is 20.4. The summed E-state index contributed by atoms with van der Waals surface area (Å²) in [6.45, 7) is 2.06. The molecule has 0 bridgehead atoms. The number of rotatable bonds is 7. The predicted octanol–water partition coefficient (Wildman–Crippen LogP) is 4.93. The van der Waals surface area contributed by atoms with Crippen molar-refractivity contribution in [3.8, 4) is 28.4 Å². The van der Waals surface area contributed by atoms with Gasteiger partial charge in [0.05, 0.1) is 37.2 Å². The van der Waals surface area contributed by atoms with Crippen molar-refractivity contribution in [3.05, 3.63) is 66.8 Å². The summed E-state index contributed by atoms with van der Waals surface area (Å²) in [5.41, 5.74) is 2.51. The van der Waals surface area contributed by atoms with Crippen molar-refractivity contribution in [3.63, 3.8) is 0 Å². The number of carbonyl (C=O) groups is 1. The Kier molecular flexibility index (Phi) is 5.47. The lowest BCUT2D eigenvalue weighted by Gasteiger charge is -2.09. The van der Waals surface area contributed by atoms with Crippen LogP contribution in [0.2, 0.25) is 0 Å². The average Bonchev–Trinajstić information content (AvgIpc) is 3.46. The summed E-state index contributed by atoms with van der Waals surface area (Å²) in [5, 5.41) is 3.09. The Bertz CT molecular complexity index is 1150. The van der Waals surface area contributed by atoms with Crippen molar-refractivity contribution in [2.24, 2.45) is 0 Å². The molecule has 0 aliphatic rings. The Morgan fingerprint density at radius 1 is 1.10 bits per heavy atom. The molecule has 0 fully saturated rings. The number of ether oxygens (including phenoxy) is 2. The van der Waals surface area contributed by atoms with E-state index in [1.807, 2.05) is 18.2 Å². The van der Waals surface area contributed by atoms with Crippen LogP contribution in [0.25, 0.3) is 22.6 Å². The van der Waals surface area contributed by atoms with Crippen LogP contribution in [0.3, 0.4) is 0 Å². The molecule has 152 valence electrons. The number of esters is 1. The fourth-order valence-corrected chi connectivity index (χ4v) is 2.99. The number of carbonyl (C=O) groups excluding carboxylic acids is 1. The van der Waals surface area contributed by atoms with Gasteiger partial charge in [0.25, 0.3) is 6.01 Å². The summed E-state index contributed by atoms with van der Waals surface area (Å²) >= 11 is 0. The maximum Gasteiger partial charge on any atom is 0.338 e. The Morgan fingerprint density at radius 3 is 2.73 bits per heavy atom. The van der Waals surface area contributed by atoms with Crippen LogP contribution in [0.15, 0.2) is 70.1 Å². The van der Waals surface area contributed by atoms with E-state index in [0.29, 0.717) is 40.7 Å². The first-order valence-corrected chi connectivity index (χ1v) is 9.26. The van der Waals surface area contributed by atoms with Crippen LogP contribution in [0.1, 0.15) is 17.3 Å².